The zero-order chi connectivity index (χ0) is 17.6. The number of nitro groups is 1. The van der Waals surface area contributed by atoms with E-state index in [0.717, 1.165) is 24.8 Å². The van der Waals surface area contributed by atoms with Crippen molar-refractivity contribution in [2.75, 3.05) is 5.32 Å². The van der Waals surface area contributed by atoms with Crippen LogP contribution >= 0.6 is 0 Å². The molecule has 2 bridgehead atoms. The van der Waals surface area contributed by atoms with Crippen LogP contribution in [0.25, 0.3) is 5.57 Å². The molecule has 4 rings (SSSR count). The van der Waals surface area contributed by atoms with Crippen LogP contribution in [-0.4, -0.2) is 10.8 Å². The van der Waals surface area contributed by atoms with Gasteiger partial charge in [0.05, 0.1) is 10.6 Å². The first-order valence-corrected chi connectivity index (χ1v) is 9.33. The summed E-state index contributed by atoms with van der Waals surface area (Å²) >= 11 is 0. The number of nitro benzene ring substituents is 1. The van der Waals surface area contributed by atoms with Gasteiger partial charge in [-0.05, 0) is 68.4 Å². The van der Waals surface area contributed by atoms with Crippen LogP contribution in [0.3, 0.4) is 0 Å². The van der Waals surface area contributed by atoms with Gasteiger partial charge in [-0.2, -0.15) is 0 Å². The zero-order valence-corrected chi connectivity index (χ0v) is 14.6. The van der Waals surface area contributed by atoms with Crippen molar-refractivity contribution in [1.82, 2.24) is 0 Å². The molecule has 0 saturated heterocycles. The van der Waals surface area contributed by atoms with E-state index in [0.29, 0.717) is 29.9 Å². The fraction of sp³-hybridized carbons (Fsp3) is 0.550. The molecular formula is C20H24N2O3. The number of rotatable bonds is 1. The molecule has 3 atom stereocenters. The maximum atomic E-state index is 12.6. The number of carbonyl (C=O) groups excluding carboxylic acids is 1. The standard InChI is InChI=1S/C20H24N2O3/c1-12-16-7-3-5-13-4-2-6-14(20(12)13)10-19(23)21-18-11-15(22(24)25)8-9-17(16)18/h8-9,11,13-14,20H,2-7,10H2,1H3,(H,21,23)/t13?,14-,20+/m0/s1. The summed E-state index contributed by atoms with van der Waals surface area (Å²) in [6.07, 6.45) is 7.48. The second kappa shape index (κ2) is 6.28. The summed E-state index contributed by atoms with van der Waals surface area (Å²) in [5.74, 6) is 1.56. The minimum Gasteiger partial charge on any atom is -0.325 e. The van der Waals surface area contributed by atoms with Gasteiger partial charge in [-0.3, -0.25) is 14.9 Å². The summed E-state index contributed by atoms with van der Waals surface area (Å²) in [6.45, 7) is 2.23. The molecule has 5 heteroatoms. The monoisotopic (exact) mass is 340 g/mol. The summed E-state index contributed by atoms with van der Waals surface area (Å²) in [7, 11) is 0. The molecule has 0 spiro atoms. The van der Waals surface area contributed by atoms with E-state index >= 15 is 0 Å². The summed E-state index contributed by atoms with van der Waals surface area (Å²) in [5.41, 5.74) is 4.32. The number of fused-ring (bicyclic) bond motifs is 2. The van der Waals surface area contributed by atoms with Crippen molar-refractivity contribution >= 4 is 22.9 Å². The highest BCUT2D eigenvalue weighted by molar-refractivity contribution is 5.95. The molecule has 1 fully saturated rings. The molecule has 1 aromatic rings. The van der Waals surface area contributed by atoms with Crippen molar-refractivity contribution in [2.45, 2.75) is 51.9 Å². The van der Waals surface area contributed by atoms with Gasteiger partial charge in [0.1, 0.15) is 0 Å². The van der Waals surface area contributed by atoms with Gasteiger partial charge in [-0.15, -0.1) is 0 Å². The molecule has 1 saturated carbocycles. The highest BCUT2D eigenvalue weighted by Gasteiger charge is 2.38. The summed E-state index contributed by atoms with van der Waals surface area (Å²) < 4.78 is 0. The molecule has 1 aliphatic heterocycles. The molecule has 1 N–H and O–H groups in total. The van der Waals surface area contributed by atoms with Gasteiger partial charge in [-0.1, -0.05) is 12.0 Å². The van der Waals surface area contributed by atoms with Crippen molar-refractivity contribution in [3.8, 4) is 0 Å². The van der Waals surface area contributed by atoms with E-state index in [1.54, 1.807) is 6.07 Å². The quantitative estimate of drug-likeness (QED) is 0.582. The van der Waals surface area contributed by atoms with Gasteiger partial charge < -0.3 is 5.32 Å². The van der Waals surface area contributed by atoms with Gasteiger partial charge in [0.25, 0.3) is 5.69 Å². The zero-order valence-electron chi connectivity index (χ0n) is 14.6. The van der Waals surface area contributed by atoms with Gasteiger partial charge in [0, 0.05) is 24.1 Å². The van der Waals surface area contributed by atoms with Gasteiger partial charge in [-0.25, -0.2) is 0 Å². The first kappa shape index (κ1) is 16.3. The fourth-order valence-electron chi connectivity index (χ4n) is 5.38. The molecule has 1 heterocycles. The Bertz CT molecular complexity index is 768. The number of carbonyl (C=O) groups is 1. The third kappa shape index (κ3) is 2.86. The van der Waals surface area contributed by atoms with Crippen LogP contribution in [0, 0.1) is 27.9 Å². The molecule has 1 amide bonds. The highest BCUT2D eigenvalue weighted by Crippen LogP contribution is 2.49. The number of hydrogen-bond acceptors (Lipinski definition) is 3. The lowest BCUT2D eigenvalue weighted by Gasteiger charge is -2.38. The lowest BCUT2D eigenvalue weighted by Crippen LogP contribution is -2.31. The molecule has 1 aromatic carbocycles. The molecular weight excluding hydrogens is 316 g/mol. The highest BCUT2D eigenvalue weighted by atomic mass is 16.6. The van der Waals surface area contributed by atoms with Crippen LogP contribution in [0.5, 0.6) is 0 Å². The largest absolute Gasteiger partial charge is 0.325 e. The van der Waals surface area contributed by atoms with Crippen LogP contribution in [0.15, 0.2) is 23.8 Å². The average molecular weight is 340 g/mol. The van der Waals surface area contributed by atoms with Crippen LogP contribution in [0.1, 0.15) is 57.4 Å². The van der Waals surface area contributed by atoms with Gasteiger partial charge in [0.15, 0.2) is 0 Å². The van der Waals surface area contributed by atoms with Crippen molar-refractivity contribution in [3.63, 3.8) is 0 Å². The van der Waals surface area contributed by atoms with Crippen molar-refractivity contribution in [1.29, 1.82) is 0 Å². The molecule has 0 radical (unpaired) electrons. The Hall–Kier alpha value is -2.17. The Balaban J connectivity index is 1.89. The number of anilines is 1. The van der Waals surface area contributed by atoms with Crippen LogP contribution in [0.4, 0.5) is 11.4 Å². The molecule has 3 aliphatic rings. The van der Waals surface area contributed by atoms with E-state index in [1.807, 2.05) is 6.07 Å². The van der Waals surface area contributed by atoms with Gasteiger partial charge in [0.2, 0.25) is 5.91 Å². The maximum absolute atomic E-state index is 12.6. The lowest BCUT2D eigenvalue weighted by atomic mass is 9.66. The Morgan fingerprint density at radius 2 is 1.92 bits per heavy atom. The number of nitrogens with one attached hydrogen (secondary N) is 1. The number of benzene rings is 1. The number of amides is 1. The molecule has 2 aliphatic carbocycles. The van der Waals surface area contributed by atoms with E-state index in [2.05, 4.69) is 12.2 Å². The normalized spacial score (nSPS) is 28.8. The van der Waals surface area contributed by atoms with Crippen molar-refractivity contribution < 1.29 is 9.72 Å². The Kier molecular flexibility index (Phi) is 4.10. The van der Waals surface area contributed by atoms with E-state index in [9.17, 15) is 14.9 Å². The second-order valence-corrected chi connectivity index (χ2v) is 7.77. The predicted molar refractivity (Wildman–Crippen MR) is 97.1 cm³/mol. The van der Waals surface area contributed by atoms with E-state index in [-0.39, 0.29) is 11.6 Å². The molecule has 25 heavy (non-hydrogen) atoms. The van der Waals surface area contributed by atoms with E-state index < -0.39 is 4.92 Å². The smallest absolute Gasteiger partial charge is 0.271 e. The molecule has 5 nitrogen and oxygen atoms in total. The minimum absolute atomic E-state index is 0.00739. The number of hydrogen-bond donors (Lipinski definition) is 1. The topological polar surface area (TPSA) is 72.2 Å². The van der Waals surface area contributed by atoms with Crippen molar-refractivity contribution in [3.05, 3.63) is 39.4 Å². The number of nitrogens with zero attached hydrogens (tertiary/aromatic N) is 1. The summed E-state index contributed by atoms with van der Waals surface area (Å²) in [6, 6.07) is 4.91. The van der Waals surface area contributed by atoms with Crippen LogP contribution < -0.4 is 5.32 Å². The Labute approximate surface area is 147 Å². The first-order valence-electron chi connectivity index (χ1n) is 9.33. The third-order valence-corrected chi connectivity index (χ3v) is 6.40. The summed E-state index contributed by atoms with van der Waals surface area (Å²) in [4.78, 5) is 23.4. The lowest BCUT2D eigenvalue weighted by molar-refractivity contribution is -0.384. The number of non-ortho nitro benzene ring substituents is 1. The summed E-state index contributed by atoms with van der Waals surface area (Å²) in [5, 5.41) is 14.1. The Morgan fingerprint density at radius 1 is 1.16 bits per heavy atom. The molecule has 132 valence electrons. The molecule has 1 unspecified atom stereocenters. The number of allylic oxidation sites excluding steroid dienone is 2. The SMILES string of the molecule is CC1=C2CCCC3CCC[C@@H](CC(=O)Nc4cc([N+](=O)[O-])ccc42)[C@H]13. The predicted octanol–water partition coefficient (Wildman–Crippen LogP) is 4.93. The first-order chi connectivity index (χ1) is 12.0. The Morgan fingerprint density at radius 3 is 2.72 bits per heavy atom. The van der Waals surface area contributed by atoms with E-state index in [4.69, 9.17) is 0 Å². The maximum Gasteiger partial charge on any atom is 0.271 e. The minimum atomic E-state index is -0.400. The molecule has 0 aromatic heterocycles. The third-order valence-electron chi connectivity index (χ3n) is 6.40. The average Bonchev–Trinajstić information content (AvgIpc) is 2.72. The van der Waals surface area contributed by atoms with Crippen LogP contribution in [-0.2, 0) is 4.79 Å². The van der Waals surface area contributed by atoms with Gasteiger partial charge >= 0.3 is 0 Å². The van der Waals surface area contributed by atoms with Crippen molar-refractivity contribution in [2.24, 2.45) is 17.8 Å². The van der Waals surface area contributed by atoms with E-state index in [1.165, 1.54) is 36.5 Å². The van der Waals surface area contributed by atoms with Crippen LogP contribution in [0.2, 0.25) is 0 Å². The fourth-order valence-corrected chi connectivity index (χ4v) is 5.38. The second-order valence-electron chi connectivity index (χ2n) is 7.77.